The number of aromatic nitrogens is 3. The number of fused-ring (bicyclic) bond motifs is 1. The molecule has 21 heteroatoms. The zero-order valence-electron chi connectivity index (χ0n) is 18.9. The fourth-order valence-corrected chi connectivity index (χ4v) is 7.07. The van der Waals surface area contributed by atoms with Gasteiger partial charge in [-0.05, 0) is 19.9 Å². The molecular formula is C16H22FN4O13P3. The standard InChI is InChI=1S/C16H22FN4O13P3/c1-3-5-16(17)10(7-22)11(8(2)32-36(27,28)34-37(29,30)33-35(24,25)26)31-14(16)21-6-4-9-12(21)19-15(18)20-13(9)23/h4,6,8,10-11,14,22H,7H2,1-2H3,(H,27,28)(H,29,30)(H2,24,25,26)(H3,18,19,20,23)/t8-,10?,11+,14+,16?/m0/s1. The van der Waals surface area contributed by atoms with E-state index >= 15 is 4.39 Å². The molecule has 0 amide bonds. The minimum Gasteiger partial charge on any atom is -0.396 e. The smallest absolute Gasteiger partial charge is 0.396 e. The molecule has 2 aromatic rings. The van der Waals surface area contributed by atoms with Gasteiger partial charge in [-0.15, -0.1) is 5.92 Å². The van der Waals surface area contributed by atoms with Gasteiger partial charge >= 0.3 is 23.5 Å². The van der Waals surface area contributed by atoms with Gasteiger partial charge in [-0.1, -0.05) is 5.92 Å². The molecule has 3 rings (SSSR count). The maximum absolute atomic E-state index is 16.4. The lowest BCUT2D eigenvalue weighted by molar-refractivity contribution is -0.0710. The van der Waals surface area contributed by atoms with Crippen molar-refractivity contribution in [2.45, 2.75) is 38.0 Å². The topological polar surface area (TPSA) is 266 Å². The third-order valence-electron chi connectivity index (χ3n) is 5.13. The molecule has 0 aromatic carbocycles. The average Bonchev–Trinajstić information content (AvgIpc) is 3.23. The van der Waals surface area contributed by atoms with Gasteiger partial charge in [0.2, 0.25) is 11.6 Å². The number of nitrogen functional groups attached to an aromatic ring is 1. The predicted molar refractivity (Wildman–Crippen MR) is 121 cm³/mol. The van der Waals surface area contributed by atoms with Crippen LogP contribution in [0.3, 0.4) is 0 Å². The Labute approximate surface area is 206 Å². The van der Waals surface area contributed by atoms with E-state index in [0.29, 0.717) is 0 Å². The van der Waals surface area contributed by atoms with Gasteiger partial charge in [-0.3, -0.25) is 14.3 Å². The zero-order valence-corrected chi connectivity index (χ0v) is 21.5. The van der Waals surface area contributed by atoms with Crippen molar-refractivity contribution in [3.8, 4) is 11.8 Å². The summed E-state index contributed by atoms with van der Waals surface area (Å²) in [5, 5.41) is 9.99. The highest BCUT2D eigenvalue weighted by molar-refractivity contribution is 7.66. The van der Waals surface area contributed by atoms with Crippen molar-refractivity contribution in [2.24, 2.45) is 5.92 Å². The minimum atomic E-state index is -5.81. The second-order valence-electron chi connectivity index (χ2n) is 7.70. The minimum absolute atomic E-state index is 0.00918. The van der Waals surface area contributed by atoms with Crippen LogP contribution in [0.4, 0.5) is 10.3 Å². The molecule has 1 aliphatic heterocycles. The summed E-state index contributed by atoms with van der Waals surface area (Å²) < 4.78 is 69.9. The van der Waals surface area contributed by atoms with E-state index in [0.717, 1.165) is 11.5 Å². The predicted octanol–water partition coefficient (Wildman–Crippen LogP) is 0.276. The first kappa shape index (κ1) is 29.6. The van der Waals surface area contributed by atoms with Crippen molar-refractivity contribution in [3.05, 3.63) is 22.6 Å². The van der Waals surface area contributed by atoms with Crippen molar-refractivity contribution >= 4 is 40.4 Å². The summed E-state index contributed by atoms with van der Waals surface area (Å²) in [6.45, 7) is 1.42. The summed E-state index contributed by atoms with van der Waals surface area (Å²) in [6, 6.07) is 1.29. The van der Waals surface area contributed by atoms with Gasteiger partial charge in [0, 0.05) is 6.20 Å². The highest BCUT2D eigenvalue weighted by atomic mass is 31.3. The van der Waals surface area contributed by atoms with Crippen molar-refractivity contribution in [1.82, 2.24) is 14.5 Å². The number of alkyl halides is 1. The third kappa shape index (κ3) is 6.37. The van der Waals surface area contributed by atoms with E-state index in [1.165, 1.54) is 19.2 Å². The SMILES string of the molecule is CC#CC1(F)C(CO)[C@@H]([C@H](C)OP(=O)(O)OP(=O)(O)OP(=O)(O)O)O[C@H]1n1ccc2c(=O)[nH]c(N)nc21. The number of nitrogens with two attached hydrogens (primary N) is 1. The molecule has 206 valence electrons. The second-order valence-corrected chi connectivity index (χ2v) is 12.1. The van der Waals surface area contributed by atoms with Crippen LogP contribution < -0.4 is 11.3 Å². The van der Waals surface area contributed by atoms with E-state index in [1.807, 2.05) is 0 Å². The van der Waals surface area contributed by atoms with E-state index in [2.05, 4.69) is 30.4 Å². The van der Waals surface area contributed by atoms with Gasteiger partial charge < -0.3 is 39.7 Å². The number of aliphatic hydroxyl groups excluding tert-OH is 1. The number of hydrogen-bond donors (Lipinski definition) is 7. The number of aromatic amines is 1. The summed E-state index contributed by atoms with van der Waals surface area (Å²) in [5.74, 6) is 2.79. The van der Waals surface area contributed by atoms with E-state index in [-0.39, 0.29) is 17.0 Å². The molecule has 0 saturated carbocycles. The molecular weight excluding hydrogens is 568 g/mol. The number of halogens is 1. The third-order valence-corrected chi connectivity index (χ3v) is 9.05. The largest absolute Gasteiger partial charge is 0.490 e. The van der Waals surface area contributed by atoms with Crippen LogP contribution in [0.25, 0.3) is 11.0 Å². The molecule has 1 saturated heterocycles. The van der Waals surface area contributed by atoms with Crippen LogP contribution in [-0.4, -0.2) is 63.7 Å². The van der Waals surface area contributed by atoms with E-state index in [9.17, 15) is 33.4 Å². The lowest BCUT2D eigenvalue weighted by Crippen LogP contribution is -2.42. The van der Waals surface area contributed by atoms with Gasteiger partial charge in [0.1, 0.15) is 0 Å². The second kappa shape index (κ2) is 10.3. The number of phosphoric ester groups is 1. The Morgan fingerprint density at radius 3 is 2.51 bits per heavy atom. The molecule has 4 unspecified atom stereocenters. The van der Waals surface area contributed by atoms with Crippen molar-refractivity contribution in [2.75, 3.05) is 12.3 Å². The maximum Gasteiger partial charge on any atom is 0.490 e. The number of ether oxygens (including phenoxy) is 1. The number of hydrogen-bond acceptors (Lipinski definition) is 11. The lowest BCUT2D eigenvalue weighted by atomic mass is 9.85. The fraction of sp³-hybridized carbons (Fsp3) is 0.500. The summed E-state index contributed by atoms with van der Waals surface area (Å²) in [5.41, 5.74) is 2.14. The summed E-state index contributed by atoms with van der Waals surface area (Å²) in [4.78, 5) is 54.9. The number of rotatable bonds is 9. The number of aliphatic hydroxyl groups is 1. The van der Waals surface area contributed by atoms with Crippen LogP contribution in [-0.2, 0) is 31.6 Å². The Morgan fingerprint density at radius 1 is 1.30 bits per heavy atom. The van der Waals surface area contributed by atoms with Gasteiger partial charge in [0.15, 0.2) is 11.9 Å². The zero-order chi connectivity index (χ0) is 28.0. The van der Waals surface area contributed by atoms with Crippen molar-refractivity contribution in [3.63, 3.8) is 0 Å². The first-order chi connectivity index (χ1) is 16.9. The number of phosphoric acid groups is 3. The number of nitrogens with zero attached hydrogens (tertiary/aromatic N) is 2. The number of anilines is 1. The van der Waals surface area contributed by atoms with Gasteiger partial charge in [0.25, 0.3) is 5.56 Å². The monoisotopic (exact) mass is 590 g/mol. The van der Waals surface area contributed by atoms with Gasteiger partial charge in [-0.2, -0.15) is 13.6 Å². The molecule has 37 heavy (non-hydrogen) atoms. The normalized spacial score (nSPS) is 28.3. The summed E-state index contributed by atoms with van der Waals surface area (Å²) in [7, 11) is -17.1. The van der Waals surface area contributed by atoms with Gasteiger partial charge in [-0.25, -0.2) is 18.1 Å². The van der Waals surface area contributed by atoms with Crippen LogP contribution in [0.2, 0.25) is 0 Å². The van der Waals surface area contributed by atoms with Crippen LogP contribution >= 0.6 is 23.5 Å². The molecule has 0 aliphatic carbocycles. The van der Waals surface area contributed by atoms with E-state index in [1.54, 1.807) is 0 Å². The molecule has 0 bridgehead atoms. The van der Waals surface area contributed by atoms with Gasteiger partial charge in [0.05, 0.1) is 30.1 Å². The highest BCUT2D eigenvalue weighted by Gasteiger charge is 2.60. The van der Waals surface area contributed by atoms with Crippen LogP contribution in [0.1, 0.15) is 20.1 Å². The first-order valence-electron chi connectivity index (χ1n) is 10.0. The van der Waals surface area contributed by atoms with Crippen LogP contribution in [0.5, 0.6) is 0 Å². The van der Waals surface area contributed by atoms with Crippen molar-refractivity contribution in [1.29, 1.82) is 0 Å². The van der Waals surface area contributed by atoms with E-state index < -0.39 is 65.7 Å². The summed E-state index contributed by atoms with van der Waals surface area (Å²) in [6.07, 6.45) is -3.72. The molecule has 7 atom stereocenters. The summed E-state index contributed by atoms with van der Waals surface area (Å²) >= 11 is 0. The number of H-pyrrole nitrogens is 1. The molecule has 17 nitrogen and oxygen atoms in total. The molecule has 1 fully saturated rings. The van der Waals surface area contributed by atoms with E-state index in [4.69, 9.17) is 24.8 Å². The lowest BCUT2D eigenvalue weighted by Gasteiger charge is -2.27. The highest BCUT2D eigenvalue weighted by Crippen LogP contribution is 2.67. The molecule has 8 N–H and O–H groups in total. The van der Waals surface area contributed by atoms with Crippen LogP contribution in [0, 0.1) is 17.8 Å². The Morgan fingerprint density at radius 2 is 1.95 bits per heavy atom. The fourth-order valence-electron chi connectivity index (χ4n) is 3.87. The molecule has 0 spiro atoms. The molecule has 0 radical (unpaired) electrons. The van der Waals surface area contributed by atoms with Crippen molar-refractivity contribution < 1.29 is 60.6 Å². The molecule has 1 aliphatic rings. The Balaban J connectivity index is 1.97. The Bertz CT molecular complexity index is 1450. The first-order valence-corrected chi connectivity index (χ1v) is 14.5. The Kier molecular flexibility index (Phi) is 8.24. The van der Waals surface area contributed by atoms with Crippen LogP contribution in [0.15, 0.2) is 17.1 Å². The molecule has 2 aromatic heterocycles. The average molecular weight is 590 g/mol. The number of nitrogens with one attached hydrogen (secondary N) is 1. The quantitative estimate of drug-likeness (QED) is 0.153. The maximum atomic E-state index is 16.4. The Hall–Kier alpha value is -1.96. The molecule has 3 heterocycles.